The molecule has 1 unspecified atom stereocenters. The predicted octanol–water partition coefficient (Wildman–Crippen LogP) is 2.65. The SMILES string of the molecule is CN=C(NCC(=O)Nc1cccnc1)NCC(c1ccccc1OC)N1CCCC1.I. The molecular formula is C22H31IN6O2. The lowest BCUT2D eigenvalue weighted by atomic mass is 10.0. The Labute approximate surface area is 200 Å². The van der Waals surface area contributed by atoms with Crippen LogP contribution in [0.3, 0.4) is 0 Å². The van der Waals surface area contributed by atoms with Crippen LogP contribution in [-0.2, 0) is 4.79 Å². The number of ether oxygens (including phenoxy) is 1. The molecule has 0 aliphatic carbocycles. The number of aromatic nitrogens is 1. The Morgan fingerprint density at radius 3 is 2.65 bits per heavy atom. The summed E-state index contributed by atoms with van der Waals surface area (Å²) in [5.41, 5.74) is 1.82. The fraction of sp³-hybridized carbons (Fsp3) is 0.409. The molecule has 2 aromatic rings. The van der Waals surface area contributed by atoms with Crippen LogP contribution >= 0.6 is 24.0 Å². The van der Waals surface area contributed by atoms with Gasteiger partial charge in [0.2, 0.25) is 5.91 Å². The quantitative estimate of drug-likeness (QED) is 0.272. The molecule has 8 nitrogen and oxygen atoms in total. The summed E-state index contributed by atoms with van der Waals surface area (Å²) in [6.07, 6.45) is 5.68. The summed E-state index contributed by atoms with van der Waals surface area (Å²) in [6.45, 7) is 2.88. The van der Waals surface area contributed by atoms with Crippen LogP contribution in [0.15, 0.2) is 53.8 Å². The number of nitrogens with one attached hydrogen (secondary N) is 3. The third-order valence-electron chi connectivity index (χ3n) is 5.13. The van der Waals surface area contributed by atoms with Crippen LogP contribution < -0.4 is 20.7 Å². The van der Waals surface area contributed by atoms with Crippen LogP contribution in [0.25, 0.3) is 0 Å². The van der Waals surface area contributed by atoms with Gasteiger partial charge in [0, 0.05) is 25.4 Å². The molecule has 1 aliphatic heterocycles. The average molecular weight is 538 g/mol. The number of nitrogens with zero attached hydrogens (tertiary/aromatic N) is 3. The van der Waals surface area contributed by atoms with Crippen molar-refractivity contribution in [2.75, 3.05) is 45.7 Å². The molecule has 0 radical (unpaired) electrons. The lowest BCUT2D eigenvalue weighted by molar-refractivity contribution is -0.115. The number of rotatable bonds is 8. The Morgan fingerprint density at radius 1 is 1.19 bits per heavy atom. The summed E-state index contributed by atoms with van der Waals surface area (Å²) < 4.78 is 5.60. The monoisotopic (exact) mass is 538 g/mol. The lowest BCUT2D eigenvalue weighted by Crippen LogP contribution is -2.45. The van der Waals surface area contributed by atoms with Gasteiger partial charge in [-0.3, -0.25) is 19.7 Å². The van der Waals surface area contributed by atoms with Crippen LogP contribution in [0, 0.1) is 0 Å². The van der Waals surface area contributed by atoms with Gasteiger partial charge in [0.25, 0.3) is 0 Å². The van der Waals surface area contributed by atoms with Crippen molar-refractivity contribution in [3.63, 3.8) is 0 Å². The Balaban J connectivity index is 0.00000341. The molecule has 1 saturated heterocycles. The Bertz CT molecular complexity index is 843. The minimum atomic E-state index is -0.160. The average Bonchev–Trinajstić information content (AvgIpc) is 3.31. The number of amides is 1. The molecular weight excluding hydrogens is 507 g/mol. The summed E-state index contributed by atoms with van der Waals surface area (Å²) in [5, 5.41) is 9.24. The van der Waals surface area contributed by atoms with E-state index in [1.807, 2.05) is 18.2 Å². The minimum absolute atomic E-state index is 0. The number of para-hydroxylation sites is 1. The van der Waals surface area contributed by atoms with Gasteiger partial charge in [-0.25, -0.2) is 0 Å². The number of hydrogen-bond acceptors (Lipinski definition) is 5. The van der Waals surface area contributed by atoms with Crippen molar-refractivity contribution in [3.05, 3.63) is 54.4 Å². The molecule has 168 valence electrons. The highest BCUT2D eigenvalue weighted by Gasteiger charge is 2.26. The highest BCUT2D eigenvalue weighted by atomic mass is 127. The van der Waals surface area contributed by atoms with Crippen molar-refractivity contribution in [3.8, 4) is 5.75 Å². The molecule has 0 bridgehead atoms. The number of carbonyl (C=O) groups is 1. The molecule has 0 spiro atoms. The van der Waals surface area contributed by atoms with E-state index in [1.54, 1.807) is 38.7 Å². The van der Waals surface area contributed by atoms with Gasteiger partial charge in [0.05, 0.1) is 31.6 Å². The number of halogens is 1. The maximum atomic E-state index is 12.2. The van der Waals surface area contributed by atoms with Crippen LogP contribution in [0.4, 0.5) is 5.69 Å². The number of carbonyl (C=O) groups excluding carboxylic acids is 1. The standard InChI is InChI=1S/C22H30N6O2.HI/c1-23-22(26-16-21(29)27-17-8-7-11-24-14-17)25-15-19(28-12-5-6-13-28)18-9-3-4-10-20(18)30-2;/h3-4,7-11,14,19H,5-6,12-13,15-16H2,1-2H3,(H,27,29)(H2,23,25,26);1H. The van der Waals surface area contributed by atoms with Crippen LogP contribution in [0.1, 0.15) is 24.4 Å². The Morgan fingerprint density at radius 2 is 1.97 bits per heavy atom. The van der Waals surface area contributed by atoms with Gasteiger partial charge < -0.3 is 20.7 Å². The normalized spacial score (nSPS) is 15.0. The summed E-state index contributed by atoms with van der Waals surface area (Å²) in [7, 11) is 3.40. The van der Waals surface area contributed by atoms with E-state index < -0.39 is 0 Å². The topological polar surface area (TPSA) is 90.9 Å². The molecule has 1 aromatic carbocycles. The molecule has 1 aromatic heterocycles. The first kappa shape index (κ1) is 24.9. The molecule has 9 heteroatoms. The van der Waals surface area contributed by atoms with Gasteiger partial charge in [-0.1, -0.05) is 18.2 Å². The van der Waals surface area contributed by atoms with E-state index in [0.717, 1.165) is 24.4 Å². The number of methoxy groups -OCH3 is 1. The molecule has 3 N–H and O–H groups in total. The molecule has 1 amide bonds. The summed E-state index contributed by atoms with van der Waals surface area (Å²) in [4.78, 5) is 22.9. The number of guanidine groups is 1. The van der Waals surface area contributed by atoms with Crippen molar-refractivity contribution >= 4 is 41.5 Å². The number of aliphatic imine (C=N–C) groups is 1. The number of anilines is 1. The van der Waals surface area contributed by atoms with Crippen molar-refractivity contribution in [1.29, 1.82) is 0 Å². The first-order chi connectivity index (χ1) is 14.7. The summed E-state index contributed by atoms with van der Waals surface area (Å²) in [5.74, 6) is 1.30. The van der Waals surface area contributed by atoms with Gasteiger partial charge in [-0.15, -0.1) is 24.0 Å². The third kappa shape index (κ3) is 7.35. The number of likely N-dealkylation sites (tertiary alicyclic amines) is 1. The van der Waals surface area contributed by atoms with Gasteiger partial charge in [0.1, 0.15) is 5.75 Å². The maximum absolute atomic E-state index is 12.2. The second-order valence-electron chi connectivity index (χ2n) is 7.10. The zero-order valence-electron chi connectivity index (χ0n) is 18.0. The largest absolute Gasteiger partial charge is 0.496 e. The van der Waals surface area contributed by atoms with Crippen LogP contribution in [-0.4, -0.2) is 62.1 Å². The lowest BCUT2D eigenvalue weighted by Gasteiger charge is -2.30. The van der Waals surface area contributed by atoms with Gasteiger partial charge in [0.15, 0.2) is 5.96 Å². The smallest absolute Gasteiger partial charge is 0.243 e. The van der Waals surface area contributed by atoms with Crippen molar-refractivity contribution in [2.45, 2.75) is 18.9 Å². The second kappa shape index (κ2) is 13.1. The first-order valence-electron chi connectivity index (χ1n) is 10.2. The molecule has 0 saturated carbocycles. The highest BCUT2D eigenvalue weighted by molar-refractivity contribution is 14.0. The van der Waals surface area contributed by atoms with Crippen molar-refractivity contribution in [1.82, 2.24) is 20.5 Å². The Kier molecular flexibility index (Phi) is 10.5. The molecule has 1 fully saturated rings. The molecule has 3 rings (SSSR count). The van der Waals surface area contributed by atoms with E-state index in [-0.39, 0.29) is 42.5 Å². The van der Waals surface area contributed by atoms with Gasteiger partial charge in [-0.2, -0.15) is 0 Å². The van der Waals surface area contributed by atoms with E-state index in [4.69, 9.17) is 4.74 Å². The third-order valence-corrected chi connectivity index (χ3v) is 5.13. The number of hydrogen-bond donors (Lipinski definition) is 3. The van der Waals surface area contributed by atoms with Crippen LogP contribution in [0.2, 0.25) is 0 Å². The molecule has 2 heterocycles. The van der Waals surface area contributed by atoms with E-state index in [0.29, 0.717) is 18.2 Å². The van der Waals surface area contributed by atoms with E-state index in [1.165, 1.54) is 12.8 Å². The fourth-order valence-corrected chi connectivity index (χ4v) is 3.65. The van der Waals surface area contributed by atoms with Gasteiger partial charge >= 0.3 is 0 Å². The zero-order valence-corrected chi connectivity index (χ0v) is 20.3. The van der Waals surface area contributed by atoms with Crippen LogP contribution in [0.5, 0.6) is 5.75 Å². The van der Waals surface area contributed by atoms with E-state index in [9.17, 15) is 4.79 Å². The summed E-state index contributed by atoms with van der Waals surface area (Å²) >= 11 is 0. The highest BCUT2D eigenvalue weighted by Crippen LogP contribution is 2.31. The molecule has 1 aliphatic rings. The van der Waals surface area contributed by atoms with Crippen molar-refractivity contribution < 1.29 is 9.53 Å². The second-order valence-corrected chi connectivity index (χ2v) is 7.10. The Hall–Kier alpha value is -2.40. The summed E-state index contributed by atoms with van der Waals surface area (Å²) in [6, 6.07) is 11.9. The molecule has 1 atom stereocenters. The van der Waals surface area contributed by atoms with E-state index in [2.05, 4.69) is 36.9 Å². The van der Waals surface area contributed by atoms with Crippen molar-refractivity contribution in [2.24, 2.45) is 4.99 Å². The zero-order chi connectivity index (χ0) is 21.2. The van der Waals surface area contributed by atoms with E-state index >= 15 is 0 Å². The maximum Gasteiger partial charge on any atom is 0.243 e. The predicted molar refractivity (Wildman–Crippen MR) is 134 cm³/mol. The number of benzene rings is 1. The minimum Gasteiger partial charge on any atom is -0.496 e. The van der Waals surface area contributed by atoms with Gasteiger partial charge in [-0.05, 0) is 44.1 Å². The number of pyridine rings is 1. The fourth-order valence-electron chi connectivity index (χ4n) is 3.65. The molecule has 31 heavy (non-hydrogen) atoms. The first-order valence-corrected chi connectivity index (χ1v) is 10.2.